The molecule has 1 amide bonds. The van der Waals surface area contributed by atoms with E-state index in [4.69, 9.17) is 14.6 Å². The molecule has 35 heavy (non-hydrogen) atoms. The first kappa shape index (κ1) is 22.5. The molecule has 1 aromatic heterocycles. The molecule has 0 bridgehead atoms. The van der Waals surface area contributed by atoms with E-state index < -0.39 is 0 Å². The standard InChI is InChI=1S/C28H28N4O3/c1-34-23-14-12-21(13-15-23)24-20-26(32(29-24)22-8-4-3-5-9-22)28(33)31-18-16-30(17-19-31)25-10-6-7-11-27(25)35-2/h3-15,20H,16-19H2,1-2H3. The van der Waals surface area contributed by atoms with Crippen molar-refractivity contribution in [3.8, 4) is 28.4 Å². The number of ether oxygens (including phenoxy) is 2. The molecule has 1 aliphatic rings. The summed E-state index contributed by atoms with van der Waals surface area (Å²) in [6, 6.07) is 27.4. The highest BCUT2D eigenvalue weighted by atomic mass is 16.5. The lowest BCUT2D eigenvalue weighted by molar-refractivity contribution is 0.0737. The number of anilines is 1. The lowest BCUT2D eigenvalue weighted by Gasteiger charge is -2.36. The van der Waals surface area contributed by atoms with Gasteiger partial charge >= 0.3 is 0 Å². The molecule has 1 saturated heterocycles. The zero-order valence-electron chi connectivity index (χ0n) is 19.9. The molecule has 1 aliphatic heterocycles. The highest BCUT2D eigenvalue weighted by Gasteiger charge is 2.27. The number of methoxy groups -OCH3 is 2. The number of benzene rings is 3. The zero-order valence-corrected chi connectivity index (χ0v) is 19.9. The van der Waals surface area contributed by atoms with Crippen LogP contribution in [0.1, 0.15) is 10.5 Å². The summed E-state index contributed by atoms with van der Waals surface area (Å²) in [5.74, 6) is 1.60. The molecular formula is C28H28N4O3. The van der Waals surface area contributed by atoms with Gasteiger partial charge in [0.25, 0.3) is 5.91 Å². The quantitative estimate of drug-likeness (QED) is 0.417. The van der Waals surface area contributed by atoms with Gasteiger partial charge in [-0.25, -0.2) is 4.68 Å². The van der Waals surface area contributed by atoms with Crippen LogP contribution in [0.2, 0.25) is 0 Å². The van der Waals surface area contributed by atoms with Gasteiger partial charge in [-0.15, -0.1) is 0 Å². The van der Waals surface area contributed by atoms with Gasteiger partial charge in [-0.05, 0) is 54.6 Å². The molecule has 0 N–H and O–H groups in total. The molecule has 7 heteroatoms. The Bertz CT molecular complexity index is 1290. The summed E-state index contributed by atoms with van der Waals surface area (Å²) < 4.78 is 12.5. The lowest BCUT2D eigenvalue weighted by atomic mass is 10.1. The number of amides is 1. The number of carbonyl (C=O) groups excluding carboxylic acids is 1. The van der Waals surface area contributed by atoms with E-state index in [9.17, 15) is 4.79 Å². The van der Waals surface area contributed by atoms with Crippen LogP contribution >= 0.6 is 0 Å². The van der Waals surface area contributed by atoms with Crippen LogP contribution in [0.15, 0.2) is 84.9 Å². The summed E-state index contributed by atoms with van der Waals surface area (Å²) in [5.41, 5.74) is 4.12. The second-order valence-corrected chi connectivity index (χ2v) is 8.34. The van der Waals surface area contributed by atoms with Crippen molar-refractivity contribution in [2.45, 2.75) is 0 Å². The van der Waals surface area contributed by atoms with Crippen LogP contribution in [-0.2, 0) is 0 Å². The predicted octanol–water partition coefficient (Wildman–Crippen LogP) is 4.52. The van der Waals surface area contributed by atoms with E-state index in [2.05, 4.69) is 11.0 Å². The Labute approximate surface area is 205 Å². The van der Waals surface area contributed by atoms with Gasteiger partial charge in [0, 0.05) is 31.7 Å². The van der Waals surface area contributed by atoms with E-state index in [1.807, 2.05) is 83.8 Å². The maximum atomic E-state index is 13.7. The lowest BCUT2D eigenvalue weighted by Crippen LogP contribution is -2.49. The van der Waals surface area contributed by atoms with Crippen molar-refractivity contribution in [3.63, 3.8) is 0 Å². The van der Waals surface area contributed by atoms with E-state index >= 15 is 0 Å². The summed E-state index contributed by atoms with van der Waals surface area (Å²) in [7, 11) is 3.33. The Morgan fingerprint density at radius 1 is 0.800 bits per heavy atom. The minimum absolute atomic E-state index is 0.0270. The zero-order chi connectivity index (χ0) is 24.2. The van der Waals surface area contributed by atoms with Crippen molar-refractivity contribution >= 4 is 11.6 Å². The van der Waals surface area contributed by atoms with Crippen molar-refractivity contribution < 1.29 is 14.3 Å². The number of aromatic nitrogens is 2. The first-order chi connectivity index (χ1) is 17.2. The second-order valence-electron chi connectivity index (χ2n) is 8.34. The summed E-state index contributed by atoms with van der Waals surface area (Å²) in [5, 5.41) is 4.81. The molecule has 178 valence electrons. The van der Waals surface area contributed by atoms with Crippen molar-refractivity contribution in [1.29, 1.82) is 0 Å². The largest absolute Gasteiger partial charge is 0.497 e. The number of hydrogen-bond acceptors (Lipinski definition) is 5. The molecule has 0 spiro atoms. The fourth-order valence-corrected chi connectivity index (χ4v) is 4.41. The number of rotatable bonds is 6. The van der Waals surface area contributed by atoms with Crippen LogP contribution in [0.5, 0.6) is 11.5 Å². The van der Waals surface area contributed by atoms with Gasteiger partial charge in [-0.2, -0.15) is 5.10 Å². The molecule has 4 aromatic rings. The number of carbonyl (C=O) groups is 1. The van der Waals surface area contributed by atoms with Crippen LogP contribution in [0.4, 0.5) is 5.69 Å². The number of piperazine rings is 1. The van der Waals surface area contributed by atoms with Crippen molar-refractivity contribution in [1.82, 2.24) is 14.7 Å². The van der Waals surface area contributed by atoms with Gasteiger partial charge in [-0.1, -0.05) is 30.3 Å². The van der Waals surface area contributed by atoms with Crippen LogP contribution in [0.3, 0.4) is 0 Å². The topological polar surface area (TPSA) is 59.8 Å². The summed E-state index contributed by atoms with van der Waals surface area (Å²) in [6.45, 7) is 2.71. The van der Waals surface area contributed by atoms with E-state index in [1.165, 1.54) is 0 Å². The van der Waals surface area contributed by atoms with Gasteiger partial charge in [-0.3, -0.25) is 4.79 Å². The molecule has 0 saturated carbocycles. The Kier molecular flexibility index (Phi) is 6.39. The predicted molar refractivity (Wildman–Crippen MR) is 137 cm³/mol. The normalized spacial score (nSPS) is 13.5. The third-order valence-electron chi connectivity index (χ3n) is 6.31. The first-order valence-corrected chi connectivity index (χ1v) is 11.6. The average Bonchev–Trinajstić information content (AvgIpc) is 3.39. The van der Waals surface area contributed by atoms with E-state index in [0.29, 0.717) is 18.8 Å². The Balaban J connectivity index is 1.41. The Hall–Kier alpha value is -4.26. The third-order valence-corrected chi connectivity index (χ3v) is 6.31. The minimum Gasteiger partial charge on any atom is -0.497 e. The van der Waals surface area contributed by atoms with E-state index in [0.717, 1.165) is 47.2 Å². The van der Waals surface area contributed by atoms with Crippen LogP contribution in [0, 0.1) is 0 Å². The van der Waals surface area contributed by atoms with E-state index in [-0.39, 0.29) is 5.91 Å². The molecule has 3 aromatic carbocycles. The monoisotopic (exact) mass is 468 g/mol. The van der Waals surface area contributed by atoms with Crippen LogP contribution < -0.4 is 14.4 Å². The highest BCUT2D eigenvalue weighted by molar-refractivity contribution is 5.94. The van der Waals surface area contributed by atoms with Crippen molar-refractivity contribution in [3.05, 3.63) is 90.6 Å². The maximum Gasteiger partial charge on any atom is 0.272 e. The fraction of sp³-hybridized carbons (Fsp3) is 0.214. The van der Waals surface area contributed by atoms with Crippen molar-refractivity contribution in [2.75, 3.05) is 45.3 Å². The number of para-hydroxylation sites is 3. The molecule has 1 fully saturated rings. The SMILES string of the molecule is COc1ccc(-c2cc(C(=O)N3CCN(c4ccccc4OC)CC3)n(-c3ccccc3)n2)cc1. The molecular weight excluding hydrogens is 440 g/mol. The summed E-state index contributed by atoms with van der Waals surface area (Å²) in [6.07, 6.45) is 0. The molecule has 5 rings (SSSR count). The van der Waals surface area contributed by atoms with Gasteiger partial charge in [0.1, 0.15) is 17.2 Å². The fourth-order valence-electron chi connectivity index (χ4n) is 4.41. The summed E-state index contributed by atoms with van der Waals surface area (Å²) >= 11 is 0. The average molecular weight is 469 g/mol. The third kappa shape index (κ3) is 4.57. The Morgan fingerprint density at radius 3 is 2.17 bits per heavy atom. The number of nitrogens with zero attached hydrogens (tertiary/aromatic N) is 4. The molecule has 0 radical (unpaired) electrons. The Morgan fingerprint density at radius 2 is 1.49 bits per heavy atom. The molecule has 2 heterocycles. The van der Waals surface area contributed by atoms with Crippen molar-refractivity contribution in [2.24, 2.45) is 0 Å². The minimum atomic E-state index is -0.0270. The molecule has 7 nitrogen and oxygen atoms in total. The van der Waals surface area contributed by atoms with Crippen LogP contribution in [0.25, 0.3) is 16.9 Å². The maximum absolute atomic E-state index is 13.7. The number of hydrogen-bond donors (Lipinski definition) is 0. The first-order valence-electron chi connectivity index (χ1n) is 11.6. The van der Waals surface area contributed by atoms with Gasteiger partial charge < -0.3 is 19.3 Å². The molecule has 0 atom stereocenters. The van der Waals surface area contributed by atoms with E-state index in [1.54, 1.807) is 18.9 Å². The summed E-state index contributed by atoms with van der Waals surface area (Å²) in [4.78, 5) is 17.9. The molecule has 0 aliphatic carbocycles. The van der Waals surface area contributed by atoms with Gasteiger partial charge in [0.05, 0.1) is 31.3 Å². The van der Waals surface area contributed by atoms with Crippen LogP contribution in [-0.4, -0.2) is 61.0 Å². The van der Waals surface area contributed by atoms with Gasteiger partial charge in [0.15, 0.2) is 0 Å². The molecule has 0 unspecified atom stereocenters. The smallest absolute Gasteiger partial charge is 0.272 e. The highest BCUT2D eigenvalue weighted by Crippen LogP contribution is 2.29. The van der Waals surface area contributed by atoms with Gasteiger partial charge in [0.2, 0.25) is 0 Å². The second kappa shape index (κ2) is 9.93.